The molecule has 4 heteroatoms. The molecular formula is C12H19N3O. The Morgan fingerprint density at radius 1 is 1.56 bits per heavy atom. The Bertz CT molecular complexity index is 385. The topological polar surface area (TPSA) is 46.9 Å². The molecule has 0 bridgehead atoms. The molecule has 0 aliphatic carbocycles. The Kier molecular flexibility index (Phi) is 2.99. The lowest BCUT2D eigenvalue weighted by molar-refractivity contribution is -0.119. The van der Waals surface area contributed by atoms with Crippen LogP contribution in [0.2, 0.25) is 0 Å². The minimum absolute atomic E-state index is 0.0291. The van der Waals surface area contributed by atoms with Crippen molar-refractivity contribution < 1.29 is 4.79 Å². The summed E-state index contributed by atoms with van der Waals surface area (Å²) in [6.07, 6.45) is 7.47. The third-order valence-electron chi connectivity index (χ3n) is 3.47. The first-order valence-corrected chi connectivity index (χ1v) is 6.00. The molecule has 0 radical (unpaired) electrons. The molecule has 1 N–H and O–H groups in total. The van der Waals surface area contributed by atoms with Gasteiger partial charge in [0.2, 0.25) is 5.91 Å². The molecule has 88 valence electrons. The van der Waals surface area contributed by atoms with Crippen LogP contribution in [0.5, 0.6) is 0 Å². The van der Waals surface area contributed by atoms with Crippen molar-refractivity contribution in [3.05, 3.63) is 18.0 Å². The van der Waals surface area contributed by atoms with E-state index in [1.165, 1.54) is 5.56 Å². The second-order valence-electron chi connectivity index (χ2n) is 4.56. The highest BCUT2D eigenvalue weighted by molar-refractivity contribution is 5.79. The minimum atomic E-state index is -0.0291. The molecule has 1 atom stereocenters. The quantitative estimate of drug-likeness (QED) is 0.837. The first-order valence-electron chi connectivity index (χ1n) is 6.00. The van der Waals surface area contributed by atoms with Gasteiger partial charge in [-0.15, -0.1) is 0 Å². The van der Waals surface area contributed by atoms with Gasteiger partial charge in [0, 0.05) is 24.7 Å². The zero-order chi connectivity index (χ0) is 11.6. The maximum atomic E-state index is 11.3. The summed E-state index contributed by atoms with van der Waals surface area (Å²) in [5.74, 6) is 0.185. The Labute approximate surface area is 96.0 Å². The molecule has 2 heterocycles. The van der Waals surface area contributed by atoms with E-state index in [4.69, 9.17) is 0 Å². The van der Waals surface area contributed by atoms with Crippen molar-refractivity contribution in [1.29, 1.82) is 0 Å². The minimum Gasteiger partial charge on any atom is -0.350 e. The molecule has 0 saturated carbocycles. The van der Waals surface area contributed by atoms with Gasteiger partial charge in [-0.1, -0.05) is 6.92 Å². The summed E-state index contributed by atoms with van der Waals surface area (Å²) in [6, 6.07) is 0. The number of nitrogens with zero attached hydrogens (tertiary/aromatic N) is 2. The summed E-state index contributed by atoms with van der Waals surface area (Å²) in [4.78, 5) is 11.3. The van der Waals surface area contributed by atoms with Gasteiger partial charge < -0.3 is 5.32 Å². The van der Waals surface area contributed by atoms with Crippen molar-refractivity contribution in [2.24, 2.45) is 0 Å². The van der Waals surface area contributed by atoms with Gasteiger partial charge in [-0.2, -0.15) is 5.10 Å². The van der Waals surface area contributed by atoms with Crippen LogP contribution >= 0.6 is 0 Å². The molecule has 1 saturated heterocycles. The number of nitrogens with one attached hydrogen (secondary N) is 1. The Morgan fingerprint density at radius 2 is 2.38 bits per heavy atom. The third kappa shape index (κ3) is 2.10. The molecule has 1 fully saturated rings. The zero-order valence-corrected chi connectivity index (χ0v) is 9.99. The normalized spacial score (nSPS) is 24.8. The maximum Gasteiger partial charge on any atom is 0.220 e. The molecule has 1 unspecified atom stereocenters. The van der Waals surface area contributed by atoms with Crippen LogP contribution in [0.15, 0.2) is 12.4 Å². The first-order chi connectivity index (χ1) is 7.67. The van der Waals surface area contributed by atoms with Gasteiger partial charge >= 0.3 is 0 Å². The number of aromatic nitrogens is 2. The summed E-state index contributed by atoms with van der Waals surface area (Å²) in [6.45, 7) is 5.10. The fourth-order valence-electron chi connectivity index (χ4n) is 2.36. The predicted octanol–water partition coefficient (Wildman–Crippen LogP) is 1.50. The molecule has 1 aromatic rings. The van der Waals surface area contributed by atoms with Gasteiger partial charge in [0.15, 0.2) is 0 Å². The highest BCUT2D eigenvalue weighted by atomic mass is 16.2. The number of carbonyl (C=O) groups is 1. The Morgan fingerprint density at radius 3 is 2.88 bits per heavy atom. The highest BCUT2D eigenvalue weighted by Gasteiger charge is 2.36. The highest BCUT2D eigenvalue weighted by Crippen LogP contribution is 2.27. The molecule has 4 nitrogen and oxygen atoms in total. The average molecular weight is 221 g/mol. The van der Waals surface area contributed by atoms with Crippen LogP contribution in [-0.4, -0.2) is 21.2 Å². The summed E-state index contributed by atoms with van der Waals surface area (Å²) in [5, 5.41) is 7.38. The van der Waals surface area contributed by atoms with Gasteiger partial charge in [-0.05, 0) is 31.7 Å². The van der Waals surface area contributed by atoms with Crippen molar-refractivity contribution >= 4 is 5.91 Å². The summed E-state index contributed by atoms with van der Waals surface area (Å²) in [7, 11) is 0. The van der Waals surface area contributed by atoms with Crippen molar-refractivity contribution in [3.63, 3.8) is 0 Å². The maximum absolute atomic E-state index is 11.3. The number of rotatable bonds is 4. The van der Waals surface area contributed by atoms with Gasteiger partial charge in [0.1, 0.15) is 0 Å². The fraction of sp³-hybridized carbons (Fsp3) is 0.667. The molecule has 1 aromatic heterocycles. The SMILES string of the molecule is CCn1cc(CC2(CC)CCC(=O)N2)cn1. The fourth-order valence-corrected chi connectivity index (χ4v) is 2.36. The second kappa shape index (κ2) is 4.28. The standard InChI is InChI=1S/C12H19N3O/c1-3-12(6-5-11(16)14-12)7-10-8-13-15(4-2)9-10/h8-9H,3-7H2,1-2H3,(H,14,16). The Hall–Kier alpha value is -1.32. The van der Waals surface area contributed by atoms with Gasteiger partial charge in [0.25, 0.3) is 0 Å². The smallest absolute Gasteiger partial charge is 0.220 e. The van der Waals surface area contributed by atoms with E-state index in [1.54, 1.807) is 0 Å². The number of hydrogen-bond donors (Lipinski definition) is 1. The molecule has 2 rings (SSSR count). The first kappa shape index (κ1) is 11.2. The largest absolute Gasteiger partial charge is 0.350 e. The molecule has 1 aliphatic rings. The van der Waals surface area contributed by atoms with Crippen molar-refractivity contribution in [2.75, 3.05) is 0 Å². The molecular weight excluding hydrogens is 202 g/mol. The summed E-state index contributed by atoms with van der Waals surface area (Å²) >= 11 is 0. The summed E-state index contributed by atoms with van der Waals surface area (Å²) in [5.41, 5.74) is 1.18. The average Bonchev–Trinajstić information content (AvgIpc) is 2.87. The van der Waals surface area contributed by atoms with Crippen molar-refractivity contribution in [2.45, 2.75) is 51.6 Å². The van der Waals surface area contributed by atoms with Crippen LogP contribution in [-0.2, 0) is 17.8 Å². The zero-order valence-electron chi connectivity index (χ0n) is 9.99. The van der Waals surface area contributed by atoms with Crippen LogP contribution in [0, 0.1) is 0 Å². The van der Waals surface area contributed by atoms with Gasteiger partial charge in [-0.3, -0.25) is 9.48 Å². The van der Waals surface area contributed by atoms with E-state index >= 15 is 0 Å². The van der Waals surface area contributed by atoms with E-state index in [9.17, 15) is 4.79 Å². The monoisotopic (exact) mass is 221 g/mol. The second-order valence-corrected chi connectivity index (χ2v) is 4.56. The number of hydrogen-bond acceptors (Lipinski definition) is 2. The van der Waals surface area contributed by atoms with Crippen LogP contribution < -0.4 is 5.32 Å². The lowest BCUT2D eigenvalue weighted by atomic mass is 9.88. The van der Waals surface area contributed by atoms with Crippen LogP contribution in [0.3, 0.4) is 0 Å². The lowest BCUT2D eigenvalue weighted by Gasteiger charge is -2.27. The summed E-state index contributed by atoms with van der Waals surface area (Å²) < 4.78 is 1.93. The predicted molar refractivity (Wildman–Crippen MR) is 62.0 cm³/mol. The number of amides is 1. The molecule has 16 heavy (non-hydrogen) atoms. The van der Waals surface area contributed by atoms with Crippen molar-refractivity contribution in [1.82, 2.24) is 15.1 Å². The van der Waals surface area contributed by atoms with Crippen LogP contribution in [0.25, 0.3) is 0 Å². The number of aryl methyl sites for hydroxylation is 1. The van der Waals surface area contributed by atoms with Crippen LogP contribution in [0.4, 0.5) is 0 Å². The van der Waals surface area contributed by atoms with E-state index in [-0.39, 0.29) is 11.4 Å². The molecule has 0 aromatic carbocycles. The van der Waals surface area contributed by atoms with Crippen molar-refractivity contribution in [3.8, 4) is 0 Å². The van der Waals surface area contributed by atoms with E-state index in [0.717, 1.165) is 25.8 Å². The van der Waals surface area contributed by atoms with E-state index in [0.29, 0.717) is 6.42 Å². The lowest BCUT2D eigenvalue weighted by Crippen LogP contribution is -2.42. The number of carbonyl (C=O) groups excluding carboxylic acids is 1. The van der Waals surface area contributed by atoms with Gasteiger partial charge in [-0.25, -0.2) is 0 Å². The van der Waals surface area contributed by atoms with E-state index in [1.807, 2.05) is 10.9 Å². The van der Waals surface area contributed by atoms with E-state index in [2.05, 4.69) is 30.5 Å². The van der Waals surface area contributed by atoms with Crippen LogP contribution in [0.1, 0.15) is 38.7 Å². The molecule has 1 amide bonds. The Balaban J connectivity index is 2.09. The third-order valence-corrected chi connectivity index (χ3v) is 3.47. The van der Waals surface area contributed by atoms with Gasteiger partial charge in [0.05, 0.1) is 6.20 Å². The molecule has 1 aliphatic heterocycles. The van der Waals surface area contributed by atoms with E-state index < -0.39 is 0 Å². The molecule has 0 spiro atoms.